The molecule has 1 aromatic carbocycles. The molecule has 100 valence electrons. The summed E-state index contributed by atoms with van der Waals surface area (Å²) in [6.45, 7) is 1.85. The van der Waals surface area contributed by atoms with Gasteiger partial charge < -0.3 is 4.74 Å². The van der Waals surface area contributed by atoms with Gasteiger partial charge in [0.15, 0.2) is 0 Å². The van der Waals surface area contributed by atoms with Crippen LogP contribution in [0.4, 0.5) is 5.95 Å². The molecule has 6 nitrogen and oxygen atoms in total. The Kier molecular flexibility index (Phi) is 3.14. The average Bonchev–Trinajstić information content (AvgIpc) is 2.47. The Hall–Kier alpha value is -2.73. The van der Waals surface area contributed by atoms with Gasteiger partial charge in [0, 0.05) is 23.3 Å². The maximum Gasteiger partial charge on any atom is 0.240 e. The largest absolute Gasteiger partial charge is 0.438 e. The quantitative estimate of drug-likeness (QED) is 0.560. The molecule has 20 heavy (non-hydrogen) atoms. The first-order chi connectivity index (χ1) is 9.76. The molecule has 0 aliphatic carbocycles. The summed E-state index contributed by atoms with van der Waals surface area (Å²) in [5, 5.41) is 0.925. The summed E-state index contributed by atoms with van der Waals surface area (Å²) >= 11 is 0. The summed E-state index contributed by atoms with van der Waals surface area (Å²) in [7, 11) is 0. The number of nitrogens with zero attached hydrogens (tertiary/aromatic N) is 3. The summed E-state index contributed by atoms with van der Waals surface area (Å²) in [5.41, 5.74) is 4.05. The van der Waals surface area contributed by atoms with Crippen LogP contribution in [0, 0.1) is 6.92 Å². The van der Waals surface area contributed by atoms with Gasteiger partial charge in [0.05, 0.1) is 5.52 Å². The highest BCUT2D eigenvalue weighted by atomic mass is 16.5. The van der Waals surface area contributed by atoms with Gasteiger partial charge in [-0.05, 0) is 31.2 Å². The van der Waals surface area contributed by atoms with Crippen molar-refractivity contribution in [3.05, 3.63) is 48.3 Å². The molecule has 0 bridgehead atoms. The summed E-state index contributed by atoms with van der Waals surface area (Å²) in [5.74, 6) is 6.77. The summed E-state index contributed by atoms with van der Waals surface area (Å²) in [4.78, 5) is 12.6. The second kappa shape index (κ2) is 5.10. The molecule has 0 fully saturated rings. The molecule has 2 aromatic heterocycles. The first-order valence-corrected chi connectivity index (χ1v) is 6.10. The zero-order valence-electron chi connectivity index (χ0n) is 10.9. The van der Waals surface area contributed by atoms with Gasteiger partial charge in [-0.3, -0.25) is 10.4 Å². The zero-order valence-corrected chi connectivity index (χ0v) is 10.9. The van der Waals surface area contributed by atoms with Crippen LogP contribution in [0.5, 0.6) is 11.6 Å². The fraction of sp³-hybridized carbons (Fsp3) is 0.0714. The molecule has 3 rings (SSSR count). The number of hydrazine groups is 1. The fourth-order valence-corrected chi connectivity index (χ4v) is 1.93. The lowest BCUT2D eigenvalue weighted by Gasteiger charge is -2.09. The minimum atomic E-state index is 0.318. The van der Waals surface area contributed by atoms with Gasteiger partial charge in [-0.2, -0.15) is 4.98 Å². The highest BCUT2D eigenvalue weighted by Gasteiger charge is 2.07. The second-order valence-corrected chi connectivity index (χ2v) is 4.24. The Morgan fingerprint density at radius 2 is 2.05 bits per heavy atom. The molecule has 0 unspecified atom stereocenters. The van der Waals surface area contributed by atoms with Crippen molar-refractivity contribution in [1.82, 2.24) is 15.0 Å². The standard InChI is InChI=1S/C14H13N5O/c1-9-8-13(18-14(17-9)19-15)20-12-6-2-5-11-10(12)4-3-7-16-11/h2-8H,15H2,1H3,(H,17,18,19). The Morgan fingerprint density at radius 1 is 1.15 bits per heavy atom. The fourth-order valence-electron chi connectivity index (χ4n) is 1.93. The van der Waals surface area contributed by atoms with Crippen molar-refractivity contribution in [1.29, 1.82) is 0 Å². The van der Waals surface area contributed by atoms with Gasteiger partial charge in [0.2, 0.25) is 11.8 Å². The number of nitrogens with one attached hydrogen (secondary N) is 1. The molecule has 0 amide bonds. The van der Waals surface area contributed by atoms with E-state index in [2.05, 4.69) is 20.4 Å². The topological polar surface area (TPSA) is 86.0 Å². The predicted molar refractivity (Wildman–Crippen MR) is 76.4 cm³/mol. The van der Waals surface area contributed by atoms with Crippen molar-refractivity contribution in [3.63, 3.8) is 0 Å². The van der Waals surface area contributed by atoms with Gasteiger partial charge in [-0.1, -0.05) is 6.07 Å². The number of hydrogen-bond donors (Lipinski definition) is 2. The van der Waals surface area contributed by atoms with E-state index in [1.165, 1.54) is 0 Å². The number of anilines is 1. The van der Waals surface area contributed by atoms with E-state index in [1.54, 1.807) is 12.3 Å². The van der Waals surface area contributed by atoms with E-state index in [-0.39, 0.29) is 0 Å². The van der Waals surface area contributed by atoms with Crippen LogP contribution in [0.3, 0.4) is 0 Å². The molecule has 0 radical (unpaired) electrons. The highest BCUT2D eigenvalue weighted by molar-refractivity contribution is 5.85. The maximum atomic E-state index is 5.83. The van der Waals surface area contributed by atoms with Crippen LogP contribution in [0.25, 0.3) is 10.9 Å². The predicted octanol–water partition coefficient (Wildman–Crippen LogP) is 2.41. The number of aromatic nitrogens is 3. The molecular formula is C14H13N5O. The third-order valence-electron chi connectivity index (χ3n) is 2.78. The first-order valence-electron chi connectivity index (χ1n) is 6.10. The van der Waals surface area contributed by atoms with E-state index in [4.69, 9.17) is 10.6 Å². The van der Waals surface area contributed by atoms with Gasteiger partial charge in [0.1, 0.15) is 5.75 Å². The normalized spacial score (nSPS) is 10.5. The number of pyridine rings is 1. The second-order valence-electron chi connectivity index (χ2n) is 4.24. The van der Waals surface area contributed by atoms with Crippen LogP contribution in [0.1, 0.15) is 5.69 Å². The number of benzene rings is 1. The van der Waals surface area contributed by atoms with E-state index in [0.717, 1.165) is 16.6 Å². The van der Waals surface area contributed by atoms with Crippen molar-refractivity contribution in [2.24, 2.45) is 5.84 Å². The Bertz CT molecular complexity index is 754. The first kappa shape index (κ1) is 12.3. The van der Waals surface area contributed by atoms with Crippen LogP contribution >= 0.6 is 0 Å². The van der Waals surface area contributed by atoms with E-state index >= 15 is 0 Å². The molecule has 0 atom stereocenters. The van der Waals surface area contributed by atoms with E-state index in [1.807, 2.05) is 37.3 Å². The molecule has 0 aliphatic heterocycles. The summed E-state index contributed by atoms with van der Waals surface area (Å²) in [6.07, 6.45) is 1.75. The molecule has 0 saturated heterocycles. The van der Waals surface area contributed by atoms with Gasteiger partial charge in [0.25, 0.3) is 0 Å². The number of hydrogen-bond acceptors (Lipinski definition) is 6. The molecule has 0 saturated carbocycles. The molecule has 3 aromatic rings. The number of aryl methyl sites for hydroxylation is 1. The number of fused-ring (bicyclic) bond motifs is 1. The average molecular weight is 267 g/mol. The van der Waals surface area contributed by atoms with E-state index < -0.39 is 0 Å². The minimum Gasteiger partial charge on any atom is -0.438 e. The number of nitrogen functional groups attached to an aromatic ring is 1. The third kappa shape index (κ3) is 2.36. The van der Waals surface area contributed by atoms with Crippen LogP contribution in [-0.4, -0.2) is 15.0 Å². The SMILES string of the molecule is Cc1cc(Oc2cccc3ncccc23)nc(NN)n1. The van der Waals surface area contributed by atoms with Gasteiger partial charge in [-0.25, -0.2) is 10.8 Å². The summed E-state index contributed by atoms with van der Waals surface area (Å²) in [6, 6.07) is 11.3. The summed E-state index contributed by atoms with van der Waals surface area (Å²) < 4.78 is 5.83. The molecule has 3 N–H and O–H groups in total. The monoisotopic (exact) mass is 267 g/mol. The highest BCUT2D eigenvalue weighted by Crippen LogP contribution is 2.28. The Balaban J connectivity index is 2.03. The lowest BCUT2D eigenvalue weighted by Crippen LogP contribution is -2.11. The number of ether oxygens (including phenoxy) is 1. The number of nitrogens with two attached hydrogens (primary N) is 1. The van der Waals surface area contributed by atoms with Crippen molar-refractivity contribution in [2.75, 3.05) is 5.43 Å². The molecule has 2 heterocycles. The molecular weight excluding hydrogens is 254 g/mol. The Labute approximate surface area is 115 Å². The van der Waals surface area contributed by atoms with E-state index in [0.29, 0.717) is 17.6 Å². The zero-order chi connectivity index (χ0) is 13.9. The van der Waals surface area contributed by atoms with Crippen molar-refractivity contribution < 1.29 is 4.74 Å². The smallest absolute Gasteiger partial charge is 0.240 e. The van der Waals surface area contributed by atoms with Crippen LogP contribution in [0.2, 0.25) is 0 Å². The number of rotatable bonds is 3. The van der Waals surface area contributed by atoms with E-state index in [9.17, 15) is 0 Å². The van der Waals surface area contributed by atoms with Crippen LogP contribution in [-0.2, 0) is 0 Å². The molecule has 0 aliphatic rings. The Morgan fingerprint density at radius 3 is 2.90 bits per heavy atom. The maximum absolute atomic E-state index is 5.83. The minimum absolute atomic E-state index is 0.318. The van der Waals surface area contributed by atoms with Crippen LogP contribution in [0.15, 0.2) is 42.6 Å². The lowest BCUT2D eigenvalue weighted by atomic mass is 10.2. The lowest BCUT2D eigenvalue weighted by molar-refractivity contribution is 0.467. The molecule has 6 heteroatoms. The van der Waals surface area contributed by atoms with Crippen molar-refractivity contribution in [2.45, 2.75) is 6.92 Å². The van der Waals surface area contributed by atoms with Crippen LogP contribution < -0.4 is 16.0 Å². The van der Waals surface area contributed by atoms with Crippen molar-refractivity contribution in [3.8, 4) is 11.6 Å². The third-order valence-corrected chi connectivity index (χ3v) is 2.78. The van der Waals surface area contributed by atoms with Crippen molar-refractivity contribution >= 4 is 16.9 Å². The van der Waals surface area contributed by atoms with Gasteiger partial charge >= 0.3 is 0 Å². The van der Waals surface area contributed by atoms with Gasteiger partial charge in [-0.15, -0.1) is 0 Å². The molecule has 0 spiro atoms.